The molecule has 2 saturated heterocycles. The molecule has 2 fully saturated rings. The van der Waals surface area contributed by atoms with E-state index in [0.29, 0.717) is 37.4 Å². The van der Waals surface area contributed by atoms with Crippen molar-refractivity contribution < 1.29 is 14.0 Å². The van der Waals surface area contributed by atoms with Crippen LogP contribution in [0.25, 0.3) is 0 Å². The highest BCUT2D eigenvalue weighted by Gasteiger charge is 2.43. The quantitative estimate of drug-likeness (QED) is 0.815. The molecule has 0 radical (unpaired) electrons. The summed E-state index contributed by atoms with van der Waals surface area (Å²) in [6.45, 7) is 6.28. The van der Waals surface area contributed by atoms with Crippen molar-refractivity contribution in [3.05, 3.63) is 47.4 Å². The van der Waals surface area contributed by atoms with Crippen molar-refractivity contribution in [1.29, 1.82) is 0 Å². The van der Waals surface area contributed by atoms with Gasteiger partial charge in [-0.05, 0) is 39.2 Å². The molecule has 4 rings (SSSR count). The zero-order valence-electron chi connectivity index (χ0n) is 16.5. The molecule has 4 heterocycles. The van der Waals surface area contributed by atoms with Crippen molar-refractivity contribution in [2.75, 3.05) is 19.6 Å². The van der Waals surface area contributed by atoms with E-state index in [2.05, 4.69) is 9.97 Å². The molecule has 0 bridgehead atoms. The predicted octanol–water partition coefficient (Wildman–Crippen LogP) is 2.73. The molecule has 2 amide bonds. The van der Waals surface area contributed by atoms with Crippen molar-refractivity contribution in [2.24, 2.45) is 5.41 Å². The first-order chi connectivity index (χ1) is 13.5. The molecule has 2 aromatic rings. The minimum absolute atomic E-state index is 0.0261. The van der Waals surface area contributed by atoms with Crippen molar-refractivity contribution in [2.45, 2.75) is 46.1 Å². The van der Waals surface area contributed by atoms with Crippen LogP contribution in [0.2, 0.25) is 0 Å². The number of nitrogens with zero attached hydrogens (tertiary/aromatic N) is 4. The molecule has 0 saturated carbocycles. The molecular formula is C21H26N4O3. The number of aryl methyl sites for hydroxylation is 2. The highest BCUT2D eigenvalue weighted by Crippen LogP contribution is 2.39. The molecule has 0 aromatic carbocycles. The maximum atomic E-state index is 12.9. The smallest absolute Gasteiger partial charge is 0.257 e. The fourth-order valence-corrected chi connectivity index (χ4v) is 4.43. The second kappa shape index (κ2) is 7.37. The van der Waals surface area contributed by atoms with E-state index in [9.17, 15) is 9.59 Å². The Morgan fingerprint density at radius 2 is 2.07 bits per heavy atom. The van der Waals surface area contributed by atoms with Gasteiger partial charge in [0.25, 0.3) is 5.91 Å². The Hall–Kier alpha value is -2.70. The second-order valence-electron chi connectivity index (χ2n) is 8.12. The first kappa shape index (κ1) is 18.7. The molecule has 1 atom stereocenters. The van der Waals surface area contributed by atoms with Crippen LogP contribution in [-0.2, 0) is 11.3 Å². The van der Waals surface area contributed by atoms with Crippen molar-refractivity contribution in [3.8, 4) is 0 Å². The van der Waals surface area contributed by atoms with Gasteiger partial charge in [0, 0.05) is 37.7 Å². The maximum absolute atomic E-state index is 12.9. The van der Waals surface area contributed by atoms with Crippen LogP contribution < -0.4 is 0 Å². The molecule has 1 spiro atoms. The number of furan rings is 1. The van der Waals surface area contributed by atoms with Gasteiger partial charge in [-0.1, -0.05) is 0 Å². The summed E-state index contributed by atoms with van der Waals surface area (Å²) in [5, 5.41) is 0. The number of hydrogen-bond acceptors (Lipinski definition) is 5. The Morgan fingerprint density at radius 3 is 2.79 bits per heavy atom. The van der Waals surface area contributed by atoms with Gasteiger partial charge in [-0.3, -0.25) is 19.6 Å². The largest absolute Gasteiger partial charge is 0.469 e. The van der Waals surface area contributed by atoms with E-state index in [1.807, 2.05) is 23.6 Å². The Kier molecular flexibility index (Phi) is 4.91. The van der Waals surface area contributed by atoms with E-state index in [1.54, 1.807) is 24.7 Å². The topological polar surface area (TPSA) is 79.5 Å². The van der Waals surface area contributed by atoms with Crippen LogP contribution in [0.3, 0.4) is 0 Å². The minimum Gasteiger partial charge on any atom is -0.469 e. The zero-order valence-corrected chi connectivity index (χ0v) is 16.5. The predicted molar refractivity (Wildman–Crippen MR) is 102 cm³/mol. The Morgan fingerprint density at radius 1 is 1.21 bits per heavy atom. The summed E-state index contributed by atoms with van der Waals surface area (Å²) in [5.41, 5.74) is 2.25. The summed E-state index contributed by atoms with van der Waals surface area (Å²) in [7, 11) is 0. The molecule has 2 aromatic heterocycles. The third-order valence-corrected chi connectivity index (χ3v) is 5.97. The highest BCUT2D eigenvalue weighted by atomic mass is 16.3. The average molecular weight is 382 g/mol. The van der Waals surface area contributed by atoms with Crippen LogP contribution in [0.5, 0.6) is 0 Å². The number of amides is 2. The molecule has 2 aliphatic rings. The van der Waals surface area contributed by atoms with Crippen LogP contribution in [0.15, 0.2) is 29.1 Å². The zero-order chi connectivity index (χ0) is 19.7. The number of aromatic nitrogens is 2. The van der Waals surface area contributed by atoms with Crippen LogP contribution in [-0.4, -0.2) is 51.2 Å². The fourth-order valence-electron chi connectivity index (χ4n) is 4.43. The Labute approximate surface area is 164 Å². The van der Waals surface area contributed by atoms with Crippen LogP contribution >= 0.6 is 0 Å². The fraction of sp³-hybridized carbons (Fsp3) is 0.524. The molecule has 2 aliphatic heterocycles. The first-order valence-corrected chi connectivity index (χ1v) is 9.84. The number of likely N-dealkylation sites (tertiary alicyclic amines) is 2. The summed E-state index contributed by atoms with van der Waals surface area (Å²) in [5.74, 6) is 0.836. The molecular weight excluding hydrogens is 356 g/mol. The van der Waals surface area contributed by atoms with Crippen LogP contribution in [0, 0.1) is 19.3 Å². The standard InChI is InChI=1S/C21H26N4O3/c1-15-10-23-17(11-22-15)12-25-14-21(7-4-19(25)26)6-3-8-24(13-21)20(27)18-5-9-28-16(18)2/h5,9-11H,3-4,6-8,12-14H2,1-2H3/t21-/m1/s1. The van der Waals surface area contributed by atoms with Gasteiger partial charge in [0.05, 0.1) is 36.0 Å². The van der Waals surface area contributed by atoms with E-state index in [1.165, 1.54) is 0 Å². The molecule has 0 unspecified atom stereocenters. The van der Waals surface area contributed by atoms with Gasteiger partial charge >= 0.3 is 0 Å². The monoisotopic (exact) mass is 382 g/mol. The van der Waals surface area contributed by atoms with E-state index < -0.39 is 0 Å². The lowest BCUT2D eigenvalue weighted by molar-refractivity contribution is -0.139. The number of piperidine rings is 2. The molecule has 148 valence electrons. The number of hydrogen-bond donors (Lipinski definition) is 0. The summed E-state index contributed by atoms with van der Waals surface area (Å²) in [6, 6.07) is 1.74. The van der Waals surface area contributed by atoms with Gasteiger partial charge in [-0.2, -0.15) is 0 Å². The number of rotatable bonds is 3. The number of carbonyl (C=O) groups is 2. The van der Waals surface area contributed by atoms with Crippen molar-refractivity contribution in [3.63, 3.8) is 0 Å². The first-order valence-electron chi connectivity index (χ1n) is 9.84. The van der Waals surface area contributed by atoms with Gasteiger partial charge in [0.1, 0.15) is 5.76 Å². The van der Waals surface area contributed by atoms with E-state index in [4.69, 9.17) is 4.42 Å². The lowest BCUT2D eigenvalue weighted by Crippen LogP contribution is -2.54. The van der Waals surface area contributed by atoms with Crippen molar-refractivity contribution in [1.82, 2.24) is 19.8 Å². The van der Waals surface area contributed by atoms with Gasteiger partial charge in [0.2, 0.25) is 5.91 Å². The lowest BCUT2D eigenvalue weighted by atomic mass is 9.73. The van der Waals surface area contributed by atoms with Crippen molar-refractivity contribution >= 4 is 11.8 Å². The van der Waals surface area contributed by atoms with Gasteiger partial charge < -0.3 is 14.2 Å². The molecule has 7 nitrogen and oxygen atoms in total. The normalized spacial score (nSPS) is 22.7. The highest BCUT2D eigenvalue weighted by molar-refractivity contribution is 5.95. The van der Waals surface area contributed by atoms with E-state index >= 15 is 0 Å². The third kappa shape index (κ3) is 3.66. The maximum Gasteiger partial charge on any atom is 0.257 e. The lowest BCUT2D eigenvalue weighted by Gasteiger charge is -2.48. The minimum atomic E-state index is -0.0441. The third-order valence-electron chi connectivity index (χ3n) is 5.97. The molecule has 0 aliphatic carbocycles. The Balaban J connectivity index is 1.48. The number of carbonyl (C=O) groups excluding carboxylic acids is 2. The summed E-state index contributed by atoms with van der Waals surface area (Å²) >= 11 is 0. The van der Waals surface area contributed by atoms with Gasteiger partial charge in [0.15, 0.2) is 0 Å². The SMILES string of the molecule is Cc1cnc(CN2C[C@]3(CCCN(C(=O)c4ccoc4C)C3)CCC2=O)cn1. The molecule has 7 heteroatoms. The van der Waals surface area contributed by atoms with E-state index in [0.717, 1.165) is 37.2 Å². The average Bonchev–Trinajstić information content (AvgIpc) is 3.12. The summed E-state index contributed by atoms with van der Waals surface area (Å²) in [4.78, 5) is 38.0. The molecule has 28 heavy (non-hydrogen) atoms. The van der Waals surface area contributed by atoms with E-state index in [-0.39, 0.29) is 17.2 Å². The van der Waals surface area contributed by atoms with Gasteiger partial charge in [-0.25, -0.2) is 0 Å². The summed E-state index contributed by atoms with van der Waals surface area (Å²) in [6.07, 6.45) is 8.36. The Bertz CT molecular complexity index is 876. The second-order valence-corrected chi connectivity index (χ2v) is 8.12. The van der Waals surface area contributed by atoms with Crippen LogP contribution in [0.4, 0.5) is 0 Å². The van der Waals surface area contributed by atoms with Gasteiger partial charge in [-0.15, -0.1) is 0 Å². The van der Waals surface area contributed by atoms with Crippen LogP contribution in [0.1, 0.15) is 53.2 Å². The summed E-state index contributed by atoms with van der Waals surface area (Å²) < 4.78 is 5.31. The molecule has 0 N–H and O–H groups in total.